The zero-order valence-electron chi connectivity index (χ0n) is 16.1. The molecule has 7 heteroatoms. The van der Waals surface area contributed by atoms with Gasteiger partial charge in [-0.25, -0.2) is 0 Å². The number of carbonyl (C=O) groups excluding carboxylic acids is 1. The summed E-state index contributed by atoms with van der Waals surface area (Å²) in [5.41, 5.74) is 1.90. The number of aryl methyl sites for hydroxylation is 1. The van der Waals surface area contributed by atoms with Crippen LogP contribution in [0.5, 0.6) is 0 Å². The minimum absolute atomic E-state index is 0.0110. The maximum absolute atomic E-state index is 12.6. The van der Waals surface area contributed by atoms with Crippen LogP contribution < -0.4 is 10.6 Å². The molecule has 0 bridgehead atoms. The van der Waals surface area contributed by atoms with Gasteiger partial charge in [0.2, 0.25) is 5.91 Å². The van der Waals surface area contributed by atoms with Crippen molar-refractivity contribution in [1.29, 1.82) is 0 Å². The topological polar surface area (TPSA) is 116 Å². The molecule has 0 radical (unpaired) electrons. The zero-order valence-corrected chi connectivity index (χ0v) is 16.1. The summed E-state index contributed by atoms with van der Waals surface area (Å²) in [6.45, 7) is -0.0110. The van der Waals surface area contributed by atoms with Gasteiger partial charge in [0, 0.05) is 6.54 Å². The largest absolute Gasteiger partial charge is 0.481 e. The minimum Gasteiger partial charge on any atom is -0.481 e. The average molecular weight is 398 g/mol. The van der Waals surface area contributed by atoms with Crippen LogP contribution >= 0.6 is 0 Å². The van der Waals surface area contributed by atoms with Crippen molar-refractivity contribution in [1.82, 2.24) is 10.6 Å². The Kier molecular flexibility index (Phi) is 8.85. The molecule has 0 aliphatic heterocycles. The number of carbonyl (C=O) groups is 3. The van der Waals surface area contributed by atoms with Crippen molar-refractivity contribution in [3.05, 3.63) is 71.8 Å². The Labute approximate surface area is 169 Å². The zero-order chi connectivity index (χ0) is 21.1. The van der Waals surface area contributed by atoms with Gasteiger partial charge >= 0.3 is 11.9 Å². The van der Waals surface area contributed by atoms with E-state index in [0.717, 1.165) is 11.1 Å². The highest BCUT2D eigenvalue weighted by Gasteiger charge is 2.26. The van der Waals surface area contributed by atoms with E-state index in [-0.39, 0.29) is 13.0 Å². The van der Waals surface area contributed by atoms with E-state index in [4.69, 9.17) is 5.11 Å². The van der Waals surface area contributed by atoms with Crippen LogP contribution in [0.3, 0.4) is 0 Å². The molecule has 0 aliphatic carbocycles. The summed E-state index contributed by atoms with van der Waals surface area (Å²) in [7, 11) is 0. The van der Waals surface area contributed by atoms with E-state index in [0.29, 0.717) is 19.3 Å². The summed E-state index contributed by atoms with van der Waals surface area (Å²) in [4.78, 5) is 35.0. The van der Waals surface area contributed by atoms with Crippen molar-refractivity contribution in [2.45, 2.75) is 37.8 Å². The van der Waals surface area contributed by atoms with Gasteiger partial charge in [-0.15, -0.1) is 0 Å². The first-order valence-corrected chi connectivity index (χ1v) is 9.52. The number of aliphatic carboxylic acids is 2. The van der Waals surface area contributed by atoms with E-state index in [2.05, 4.69) is 10.6 Å². The third-order valence-corrected chi connectivity index (χ3v) is 4.50. The number of benzene rings is 2. The minimum atomic E-state index is -1.03. The highest BCUT2D eigenvalue weighted by Crippen LogP contribution is 2.09. The number of amides is 1. The van der Waals surface area contributed by atoms with Crippen molar-refractivity contribution in [2.24, 2.45) is 0 Å². The van der Waals surface area contributed by atoms with Crippen LogP contribution in [0.1, 0.15) is 24.0 Å². The maximum atomic E-state index is 12.6. The molecule has 1 unspecified atom stereocenters. The van der Waals surface area contributed by atoms with Crippen LogP contribution in [0.15, 0.2) is 60.7 Å². The molecule has 0 saturated heterocycles. The Hall–Kier alpha value is -3.19. The summed E-state index contributed by atoms with van der Waals surface area (Å²) in [6.07, 6.45) is 0.992. The van der Waals surface area contributed by atoms with E-state index in [1.807, 2.05) is 60.7 Å². The van der Waals surface area contributed by atoms with Crippen LogP contribution in [0.25, 0.3) is 0 Å². The van der Waals surface area contributed by atoms with Crippen LogP contribution in [-0.2, 0) is 27.2 Å². The molecule has 0 spiro atoms. The van der Waals surface area contributed by atoms with E-state index < -0.39 is 29.9 Å². The Morgan fingerprint density at radius 2 is 1.41 bits per heavy atom. The quantitative estimate of drug-likeness (QED) is 0.434. The van der Waals surface area contributed by atoms with Crippen molar-refractivity contribution < 1.29 is 24.6 Å². The van der Waals surface area contributed by atoms with E-state index in [1.165, 1.54) is 0 Å². The lowest BCUT2D eigenvalue weighted by Crippen LogP contribution is -2.52. The second kappa shape index (κ2) is 11.6. The highest BCUT2D eigenvalue weighted by atomic mass is 16.4. The molecule has 0 fully saturated rings. The van der Waals surface area contributed by atoms with Gasteiger partial charge in [-0.3, -0.25) is 19.7 Å². The molecule has 0 saturated carbocycles. The second-order valence-electron chi connectivity index (χ2n) is 6.76. The Balaban J connectivity index is 2.06. The molecule has 2 atom stereocenters. The molecule has 154 valence electrons. The highest BCUT2D eigenvalue weighted by molar-refractivity contribution is 5.83. The first-order valence-electron chi connectivity index (χ1n) is 9.52. The van der Waals surface area contributed by atoms with Crippen molar-refractivity contribution >= 4 is 17.8 Å². The first-order chi connectivity index (χ1) is 14.0. The number of hydrogen-bond donors (Lipinski definition) is 4. The predicted molar refractivity (Wildman–Crippen MR) is 109 cm³/mol. The number of carboxylic acids is 2. The lowest BCUT2D eigenvalue weighted by molar-refractivity contribution is -0.140. The van der Waals surface area contributed by atoms with Crippen LogP contribution in [-0.4, -0.2) is 46.7 Å². The number of nitrogens with one attached hydrogen (secondary N) is 2. The van der Waals surface area contributed by atoms with Crippen molar-refractivity contribution in [3.63, 3.8) is 0 Å². The molecule has 4 N–H and O–H groups in total. The molecule has 29 heavy (non-hydrogen) atoms. The molecule has 0 aliphatic rings. The SMILES string of the molecule is O=C(O)CCNC(=O)[C@H](Cc1ccccc1)NC(CCc1ccccc1)C(=O)O. The Bertz CT molecular complexity index is 795. The fraction of sp³-hybridized carbons (Fsp3) is 0.318. The molecular weight excluding hydrogens is 372 g/mol. The fourth-order valence-corrected chi connectivity index (χ4v) is 2.97. The first kappa shape index (κ1) is 22.1. The van der Waals surface area contributed by atoms with Crippen LogP contribution in [0, 0.1) is 0 Å². The van der Waals surface area contributed by atoms with Gasteiger partial charge in [0.05, 0.1) is 12.5 Å². The molecule has 2 rings (SSSR count). The number of rotatable bonds is 12. The van der Waals surface area contributed by atoms with Gasteiger partial charge in [-0.05, 0) is 30.4 Å². The summed E-state index contributed by atoms with van der Waals surface area (Å²) in [6, 6.07) is 17.1. The van der Waals surface area contributed by atoms with Crippen LogP contribution in [0.2, 0.25) is 0 Å². The maximum Gasteiger partial charge on any atom is 0.320 e. The van der Waals surface area contributed by atoms with Gasteiger partial charge < -0.3 is 15.5 Å². The Morgan fingerprint density at radius 1 is 0.828 bits per heavy atom. The lowest BCUT2D eigenvalue weighted by atomic mass is 10.0. The van der Waals surface area contributed by atoms with Crippen molar-refractivity contribution in [3.8, 4) is 0 Å². The van der Waals surface area contributed by atoms with E-state index in [1.54, 1.807) is 0 Å². The molecular formula is C22H26N2O5. The summed E-state index contributed by atoms with van der Waals surface area (Å²) >= 11 is 0. The van der Waals surface area contributed by atoms with Gasteiger partial charge in [0.15, 0.2) is 0 Å². The van der Waals surface area contributed by atoms with Crippen LogP contribution in [0.4, 0.5) is 0 Å². The van der Waals surface area contributed by atoms with Gasteiger partial charge in [0.25, 0.3) is 0 Å². The van der Waals surface area contributed by atoms with Gasteiger partial charge in [-0.1, -0.05) is 60.7 Å². The van der Waals surface area contributed by atoms with Gasteiger partial charge in [-0.2, -0.15) is 0 Å². The van der Waals surface area contributed by atoms with Crippen molar-refractivity contribution in [2.75, 3.05) is 6.54 Å². The standard InChI is InChI=1S/C22H26N2O5/c25-20(26)13-14-23-21(27)19(15-17-9-5-2-6-10-17)24-18(22(28)29)12-11-16-7-3-1-4-8-16/h1-10,18-19,24H,11-15H2,(H,23,27)(H,25,26)(H,28,29)/t18?,19-/m0/s1. The third kappa shape index (κ3) is 8.15. The number of hydrogen-bond acceptors (Lipinski definition) is 4. The normalized spacial score (nSPS) is 12.7. The third-order valence-electron chi connectivity index (χ3n) is 4.50. The smallest absolute Gasteiger partial charge is 0.320 e. The summed E-state index contributed by atoms with van der Waals surface area (Å²) in [5, 5.41) is 23.9. The fourth-order valence-electron chi connectivity index (χ4n) is 2.97. The summed E-state index contributed by atoms with van der Waals surface area (Å²) in [5.74, 6) is -2.46. The molecule has 2 aromatic rings. The second-order valence-corrected chi connectivity index (χ2v) is 6.76. The molecule has 2 aromatic carbocycles. The molecule has 0 heterocycles. The predicted octanol–water partition coefficient (Wildman–Crippen LogP) is 1.86. The average Bonchev–Trinajstić information content (AvgIpc) is 2.71. The monoisotopic (exact) mass is 398 g/mol. The molecule has 1 amide bonds. The lowest BCUT2D eigenvalue weighted by Gasteiger charge is -2.23. The van der Waals surface area contributed by atoms with Gasteiger partial charge in [0.1, 0.15) is 6.04 Å². The van der Waals surface area contributed by atoms with E-state index >= 15 is 0 Å². The molecule has 0 aromatic heterocycles. The Morgan fingerprint density at radius 3 is 1.97 bits per heavy atom. The summed E-state index contributed by atoms with van der Waals surface area (Å²) < 4.78 is 0. The van der Waals surface area contributed by atoms with E-state index in [9.17, 15) is 19.5 Å². The number of carboxylic acid groups (broad SMARTS) is 2. The molecule has 7 nitrogen and oxygen atoms in total.